The predicted molar refractivity (Wildman–Crippen MR) is 73.0 cm³/mol. The monoisotopic (exact) mass is 230 g/mol. The maximum atomic E-state index is 5.81. The van der Waals surface area contributed by atoms with Crippen LogP contribution in [0.3, 0.4) is 0 Å². The van der Waals surface area contributed by atoms with Gasteiger partial charge < -0.3 is 11.1 Å². The molecule has 1 aromatic carbocycles. The summed E-state index contributed by atoms with van der Waals surface area (Å²) in [7, 11) is 0. The Labute approximate surface area is 104 Å². The Balaban J connectivity index is 1.95. The first-order valence-electron chi connectivity index (χ1n) is 6.49. The van der Waals surface area contributed by atoms with Crippen LogP contribution in [0.1, 0.15) is 42.3 Å². The van der Waals surface area contributed by atoms with Crippen LogP contribution in [-0.4, -0.2) is 13.1 Å². The SMILES string of the molecule is C=CCCNC(CN)c1ccc(C2CC2)cc1. The molecule has 0 aromatic heterocycles. The molecule has 0 amide bonds. The van der Waals surface area contributed by atoms with Crippen LogP contribution >= 0.6 is 0 Å². The van der Waals surface area contributed by atoms with Crippen molar-refractivity contribution in [2.75, 3.05) is 13.1 Å². The van der Waals surface area contributed by atoms with Crippen molar-refractivity contribution in [3.8, 4) is 0 Å². The average molecular weight is 230 g/mol. The van der Waals surface area contributed by atoms with Crippen LogP contribution < -0.4 is 11.1 Å². The molecule has 1 aliphatic carbocycles. The zero-order valence-corrected chi connectivity index (χ0v) is 10.4. The van der Waals surface area contributed by atoms with E-state index in [1.165, 1.54) is 24.0 Å². The van der Waals surface area contributed by atoms with Crippen LogP contribution in [0.15, 0.2) is 36.9 Å². The molecule has 2 heteroatoms. The highest BCUT2D eigenvalue weighted by molar-refractivity contribution is 5.29. The normalized spacial score (nSPS) is 16.8. The molecular weight excluding hydrogens is 208 g/mol. The first-order valence-corrected chi connectivity index (χ1v) is 6.49. The molecule has 0 aliphatic heterocycles. The minimum absolute atomic E-state index is 0.267. The lowest BCUT2D eigenvalue weighted by atomic mass is 10.0. The van der Waals surface area contributed by atoms with Crippen LogP contribution in [0.4, 0.5) is 0 Å². The lowest BCUT2D eigenvalue weighted by Crippen LogP contribution is -2.28. The van der Waals surface area contributed by atoms with Gasteiger partial charge in [-0.3, -0.25) is 0 Å². The Hall–Kier alpha value is -1.12. The van der Waals surface area contributed by atoms with Crippen LogP contribution in [0, 0.1) is 0 Å². The molecular formula is C15H22N2. The van der Waals surface area contributed by atoms with Crippen LogP contribution in [0.25, 0.3) is 0 Å². The number of rotatable bonds is 7. The van der Waals surface area contributed by atoms with Gasteiger partial charge in [0, 0.05) is 12.6 Å². The van der Waals surface area contributed by atoms with E-state index in [1.807, 2.05) is 6.08 Å². The first-order chi connectivity index (χ1) is 8.35. The van der Waals surface area contributed by atoms with Gasteiger partial charge in [0.25, 0.3) is 0 Å². The maximum absolute atomic E-state index is 5.81. The van der Waals surface area contributed by atoms with Gasteiger partial charge in [-0.05, 0) is 42.9 Å². The molecule has 2 rings (SSSR count). The van der Waals surface area contributed by atoms with Crippen molar-refractivity contribution >= 4 is 0 Å². The van der Waals surface area contributed by atoms with Crippen molar-refractivity contribution in [1.29, 1.82) is 0 Å². The van der Waals surface area contributed by atoms with Crippen molar-refractivity contribution in [3.63, 3.8) is 0 Å². The summed E-state index contributed by atoms with van der Waals surface area (Å²) in [4.78, 5) is 0. The molecule has 0 heterocycles. The zero-order valence-electron chi connectivity index (χ0n) is 10.4. The molecule has 0 spiro atoms. The van der Waals surface area contributed by atoms with Gasteiger partial charge in [0.15, 0.2) is 0 Å². The number of hydrogen-bond donors (Lipinski definition) is 2. The third kappa shape index (κ3) is 3.42. The number of nitrogens with one attached hydrogen (secondary N) is 1. The van der Waals surface area contributed by atoms with Crippen molar-refractivity contribution in [2.24, 2.45) is 5.73 Å². The van der Waals surface area contributed by atoms with E-state index in [9.17, 15) is 0 Å². The van der Waals surface area contributed by atoms with E-state index in [2.05, 4.69) is 36.2 Å². The summed E-state index contributed by atoms with van der Waals surface area (Å²) >= 11 is 0. The highest BCUT2D eigenvalue weighted by Crippen LogP contribution is 2.40. The predicted octanol–water partition coefficient (Wildman–Crippen LogP) is 2.73. The van der Waals surface area contributed by atoms with Gasteiger partial charge in [-0.15, -0.1) is 6.58 Å². The molecule has 0 saturated heterocycles. The van der Waals surface area contributed by atoms with E-state index in [1.54, 1.807) is 0 Å². The third-order valence-corrected chi connectivity index (χ3v) is 3.36. The molecule has 1 unspecified atom stereocenters. The lowest BCUT2D eigenvalue weighted by molar-refractivity contribution is 0.548. The molecule has 0 bridgehead atoms. The number of nitrogens with two attached hydrogens (primary N) is 1. The molecule has 1 saturated carbocycles. The summed E-state index contributed by atoms with van der Waals surface area (Å²) in [6.07, 6.45) is 5.63. The molecule has 17 heavy (non-hydrogen) atoms. The van der Waals surface area contributed by atoms with Crippen molar-refractivity contribution in [1.82, 2.24) is 5.32 Å². The molecule has 1 aromatic rings. The highest BCUT2D eigenvalue weighted by Gasteiger charge is 2.23. The third-order valence-electron chi connectivity index (χ3n) is 3.36. The summed E-state index contributed by atoms with van der Waals surface area (Å²) in [5, 5.41) is 3.45. The molecule has 1 aliphatic rings. The zero-order chi connectivity index (χ0) is 12.1. The Kier molecular flexibility index (Phi) is 4.35. The van der Waals surface area contributed by atoms with E-state index in [0.717, 1.165) is 18.9 Å². The number of hydrogen-bond acceptors (Lipinski definition) is 2. The van der Waals surface area contributed by atoms with Gasteiger partial charge in [-0.1, -0.05) is 30.3 Å². The fourth-order valence-electron chi connectivity index (χ4n) is 2.11. The molecule has 2 nitrogen and oxygen atoms in total. The maximum Gasteiger partial charge on any atom is 0.0444 e. The largest absolute Gasteiger partial charge is 0.329 e. The summed E-state index contributed by atoms with van der Waals surface area (Å²) < 4.78 is 0. The average Bonchev–Trinajstić information content (AvgIpc) is 3.19. The Morgan fingerprint density at radius 3 is 2.59 bits per heavy atom. The van der Waals surface area contributed by atoms with E-state index >= 15 is 0 Å². The summed E-state index contributed by atoms with van der Waals surface area (Å²) in [5.41, 5.74) is 8.58. The standard InChI is InChI=1S/C15H22N2/c1-2-3-10-17-15(11-16)14-8-6-13(7-9-14)12-4-5-12/h2,6-9,12,15,17H,1,3-5,10-11,16H2. The fourth-order valence-corrected chi connectivity index (χ4v) is 2.11. The van der Waals surface area contributed by atoms with E-state index in [4.69, 9.17) is 5.73 Å². The van der Waals surface area contributed by atoms with Crippen LogP contribution in [-0.2, 0) is 0 Å². The molecule has 92 valence electrons. The fraction of sp³-hybridized carbons (Fsp3) is 0.467. The Morgan fingerprint density at radius 2 is 2.06 bits per heavy atom. The molecule has 1 atom stereocenters. The highest BCUT2D eigenvalue weighted by atomic mass is 14.9. The summed E-state index contributed by atoms with van der Waals surface area (Å²) in [5.74, 6) is 0.828. The Morgan fingerprint density at radius 1 is 1.35 bits per heavy atom. The summed E-state index contributed by atoms with van der Waals surface area (Å²) in [6, 6.07) is 9.21. The van der Waals surface area contributed by atoms with E-state index < -0.39 is 0 Å². The summed E-state index contributed by atoms with van der Waals surface area (Å²) in [6.45, 7) is 5.30. The molecule has 0 radical (unpaired) electrons. The molecule has 1 fully saturated rings. The van der Waals surface area contributed by atoms with Gasteiger partial charge in [0.05, 0.1) is 0 Å². The van der Waals surface area contributed by atoms with Gasteiger partial charge in [-0.25, -0.2) is 0 Å². The minimum atomic E-state index is 0.267. The first kappa shape index (κ1) is 12.3. The quantitative estimate of drug-likeness (QED) is 0.558. The number of benzene rings is 1. The van der Waals surface area contributed by atoms with Gasteiger partial charge in [0.1, 0.15) is 0 Å². The second kappa shape index (κ2) is 5.99. The van der Waals surface area contributed by atoms with Crippen molar-refractivity contribution in [3.05, 3.63) is 48.0 Å². The smallest absolute Gasteiger partial charge is 0.0444 e. The lowest BCUT2D eigenvalue weighted by Gasteiger charge is -2.17. The van der Waals surface area contributed by atoms with E-state index in [-0.39, 0.29) is 6.04 Å². The second-order valence-corrected chi connectivity index (χ2v) is 4.76. The van der Waals surface area contributed by atoms with Gasteiger partial charge in [-0.2, -0.15) is 0 Å². The topological polar surface area (TPSA) is 38.0 Å². The van der Waals surface area contributed by atoms with Crippen molar-refractivity contribution < 1.29 is 0 Å². The second-order valence-electron chi connectivity index (χ2n) is 4.76. The van der Waals surface area contributed by atoms with Crippen LogP contribution in [0.2, 0.25) is 0 Å². The van der Waals surface area contributed by atoms with Crippen LogP contribution in [0.5, 0.6) is 0 Å². The van der Waals surface area contributed by atoms with Gasteiger partial charge in [0.2, 0.25) is 0 Å². The molecule has 3 N–H and O–H groups in total. The van der Waals surface area contributed by atoms with Crippen molar-refractivity contribution in [2.45, 2.75) is 31.2 Å². The van der Waals surface area contributed by atoms with E-state index in [0.29, 0.717) is 6.54 Å². The Bertz CT molecular complexity index is 352. The minimum Gasteiger partial charge on any atom is -0.329 e. The van der Waals surface area contributed by atoms with Gasteiger partial charge >= 0.3 is 0 Å².